The summed E-state index contributed by atoms with van der Waals surface area (Å²) in [5, 5.41) is 15.7. The number of rotatable bonds is 5. The summed E-state index contributed by atoms with van der Waals surface area (Å²) >= 11 is 0. The molecular formula is C37H31N5O6. The molecule has 0 radical (unpaired) electrons. The van der Waals surface area contributed by atoms with Gasteiger partial charge in [-0.25, -0.2) is 4.79 Å². The van der Waals surface area contributed by atoms with Crippen molar-refractivity contribution in [2.24, 2.45) is 17.4 Å². The first kappa shape index (κ1) is 30.5. The molecule has 2 saturated heterocycles. The van der Waals surface area contributed by atoms with Gasteiger partial charge >= 0.3 is 12.0 Å². The summed E-state index contributed by atoms with van der Waals surface area (Å²) < 4.78 is 6.24. The lowest BCUT2D eigenvalue weighted by Gasteiger charge is -2.46. The van der Waals surface area contributed by atoms with Crippen LogP contribution < -0.4 is 22.1 Å². The molecule has 3 aliphatic rings. The average molecular weight is 642 g/mol. The third-order valence-corrected chi connectivity index (χ3v) is 9.41. The van der Waals surface area contributed by atoms with Crippen molar-refractivity contribution in [3.8, 4) is 17.6 Å². The number of hydrogen-bond acceptors (Lipinski definition) is 7. The van der Waals surface area contributed by atoms with Gasteiger partial charge in [0.15, 0.2) is 0 Å². The van der Waals surface area contributed by atoms with Crippen LogP contribution in [-0.4, -0.2) is 46.4 Å². The van der Waals surface area contributed by atoms with Gasteiger partial charge in [-0.2, -0.15) is 0 Å². The molecule has 11 nitrogen and oxygen atoms in total. The fourth-order valence-electron chi connectivity index (χ4n) is 7.63. The van der Waals surface area contributed by atoms with Gasteiger partial charge in [0.1, 0.15) is 23.3 Å². The van der Waals surface area contributed by atoms with Crippen LogP contribution in [0.2, 0.25) is 0 Å². The van der Waals surface area contributed by atoms with Crippen molar-refractivity contribution in [2.45, 2.75) is 29.6 Å². The molecule has 0 saturated carbocycles. The Hall–Kier alpha value is -6.12. The van der Waals surface area contributed by atoms with Crippen LogP contribution >= 0.6 is 0 Å². The first-order valence-electron chi connectivity index (χ1n) is 15.4. The molecule has 48 heavy (non-hydrogen) atoms. The Bertz CT molecular complexity index is 1990. The molecule has 1 spiro atoms. The van der Waals surface area contributed by atoms with E-state index >= 15 is 0 Å². The Morgan fingerprint density at radius 2 is 1.54 bits per heavy atom. The molecule has 4 aromatic rings. The number of hydrogen-bond donors (Lipinski definition) is 5. The predicted molar refractivity (Wildman–Crippen MR) is 175 cm³/mol. The largest absolute Gasteiger partial charge is 0.508 e. The number of amides is 4. The van der Waals surface area contributed by atoms with Crippen LogP contribution in [-0.2, 0) is 24.5 Å². The van der Waals surface area contributed by atoms with E-state index in [0.717, 1.165) is 11.1 Å². The van der Waals surface area contributed by atoms with Crippen LogP contribution in [0.4, 0.5) is 10.5 Å². The lowest BCUT2D eigenvalue weighted by atomic mass is 9.65. The average Bonchev–Trinajstić information content (AvgIpc) is 3.56. The highest BCUT2D eigenvalue weighted by molar-refractivity contribution is 6.12. The minimum atomic E-state index is -1.72. The van der Waals surface area contributed by atoms with Crippen molar-refractivity contribution in [2.75, 3.05) is 11.9 Å². The van der Waals surface area contributed by atoms with Crippen molar-refractivity contribution >= 4 is 29.5 Å². The van der Waals surface area contributed by atoms with E-state index in [1.54, 1.807) is 30.3 Å². The summed E-state index contributed by atoms with van der Waals surface area (Å²) in [5.41, 5.74) is 13.2. The zero-order valence-electron chi connectivity index (χ0n) is 25.5. The number of phenolic OH excluding ortho intramolecular Hbond substituents is 1. The number of ether oxygens (including phenoxy) is 1. The number of aromatic hydroxyl groups is 1. The number of phenols is 1. The van der Waals surface area contributed by atoms with Gasteiger partial charge in [-0.05, 0) is 52.6 Å². The fourth-order valence-corrected chi connectivity index (χ4v) is 7.63. The summed E-state index contributed by atoms with van der Waals surface area (Å²) in [7, 11) is 0. The molecular weight excluding hydrogens is 610 g/mol. The molecule has 2 fully saturated rings. The lowest BCUT2D eigenvalue weighted by Crippen LogP contribution is -2.53. The molecule has 3 heterocycles. The van der Waals surface area contributed by atoms with Crippen molar-refractivity contribution < 1.29 is 29.0 Å². The Morgan fingerprint density at radius 3 is 2.19 bits per heavy atom. The van der Waals surface area contributed by atoms with E-state index in [2.05, 4.69) is 22.5 Å². The standard InChI is InChI=1S/C37H31N5O6/c38-33(44)28-30-34(45)48-31(23-11-5-2-6-12-23)29(22-9-3-1-4-10-22)42(30)32(24-14-16-25(43)17-15-24)37(28)26-20-21(8-7-19-40-36(39)47)13-18-27(26)41-35(37)46/h1-6,9-18,20,28-32,43H,19H2,(H2,38,44)(H,41,46)(H3,39,40,47). The van der Waals surface area contributed by atoms with E-state index in [1.165, 1.54) is 12.1 Å². The second-order valence-electron chi connectivity index (χ2n) is 12.0. The van der Waals surface area contributed by atoms with E-state index in [1.807, 2.05) is 65.6 Å². The number of nitrogens with zero attached hydrogens (tertiary/aromatic N) is 1. The van der Waals surface area contributed by atoms with E-state index in [-0.39, 0.29) is 12.3 Å². The Labute approximate surface area is 275 Å². The molecule has 0 bridgehead atoms. The van der Waals surface area contributed by atoms with Gasteiger partial charge in [0, 0.05) is 11.3 Å². The maximum atomic E-state index is 14.7. The molecule has 240 valence electrons. The summed E-state index contributed by atoms with van der Waals surface area (Å²) in [6.45, 7) is -0.00386. The molecule has 7 rings (SSSR count). The quantitative estimate of drug-likeness (QED) is 0.164. The SMILES string of the molecule is NC(=O)NCC#Cc1ccc2c(c1)C1(C(=O)N2)C(C(N)=O)C2C(=O)OC(c3ccccc3)C(c3ccccc3)N2C1c1ccc(O)cc1. The fraction of sp³-hybridized carbons (Fsp3) is 0.189. The Morgan fingerprint density at radius 1 is 0.875 bits per heavy atom. The molecule has 0 aliphatic carbocycles. The number of urea groups is 1. The van der Waals surface area contributed by atoms with E-state index in [0.29, 0.717) is 22.4 Å². The summed E-state index contributed by atoms with van der Waals surface area (Å²) in [5.74, 6) is 2.41. The van der Waals surface area contributed by atoms with Crippen LogP contribution in [0.1, 0.15) is 46.0 Å². The molecule has 4 aromatic carbocycles. The second-order valence-corrected chi connectivity index (χ2v) is 12.0. The highest BCUT2D eigenvalue weighted by Gasteiger charge is 2.73. The van der Waals surface area contributed by atoms with Gasteiger partial charge < -0.3 is 31.9 Å². The number of carbonyl (C=O) groups is 4. The van der Waals surface area contributed by atoms with Gasteiger partial charge in [0.2, 0.25) is 11.8 Å². The molecule has 4 amide bonds. The maximum Gasteiger partial charge on any atom is 0.324 e. The summed E-state index contributed by atoms with van der Waals surface area (Å²) in [4.78, 5) is 55.8. The first-order chi connectivity index (χ1) is 23.2. The van der Waals surface area contributed by atoms with Crippen molar-refractivity contribution in [3.05, 3.63) is 131 Å². The number of carbonyl (C=O) groups excluding carboxylic acids is 4. The molecule has 6 unspecified atom stereocenters. The second kappa shape index (κ2) is 11.9. The molecule has 6 atom stereocenters. The van der Waals surface area contributed by atoms with E-state index in [9.17, 15) is 24.3 Å². The zero-order valence-corrected chi connectivity index (χ0v) is 25.5. The minimum absolute atomic E-state index is 0.00386. The number of esters is 1. The minimum Gasteiger partial charge on any atom is -0.508 e. The van der Waals surface area contributed by atoms with Crippen LogP contribution in [0.25, 0.3) is 0 Å². The van der Waals surface area contributed by atoms with E-state index < -0.39 is 59.4 Å². The third kappa shape index (κ3) is 4.82. The Kier molecular flexibility index (Phi) is 7.58. The first-order valence-corrected chi connectivity index (χ1v) is 15.4. The van der Waals surface area contributed by atoms with Crippen molar-refractivity contribution in [3.63, 3.8) is 0 Å². The van der Waals surface area contributed by atoms with Crippen molar-refractivity contribution in [1.82, 2.24) is 10.2 Å². The number of cyclic esters (lactones) is 1. The van der Waals surface area contributed by atoms with E-state index in [4.69, 9.17) is 16.2 Å². The van der Waals surface area contributed by atoms with Crippen LogP contribution in [0.5, 0.6) is 5.75 Å². The lowest BCUT2D eigenvalue weighted by molar-refractivity contribution is -0.178. The van der Waals surface area contributed by atoms with Gasteiger partial charge in [0.25, 0.3) is 0 Å². The smallest absolute Gasteiger partial charge is 0.324 e. The number of nitrogens with one attached hydrogen (secondary N) is 2. The maximum absolute atomic E-state index is 14.7. The number of primary amides is 2. The molecule has 3 aliphatic heterocycles. The summed E-state index contributed by atoms with van der Waals surface area (Å²) in [6, 6.07) is 26.7. The zero-order chi connectivity index (χ0) is 33.6. The normalized spacial score (nSPS) is 25.6. The highest BCUT2D eigenvalue weighted by Crippen LogP contribution is 2.64. The monoisotopic (exact) mass is 641 g/mol. The third-order valence-electron chi connectivity index (χ3n) is 9.41. The van der Waals surface area contributed by atoms with Gasteiger partial charge in [-0.1, -0.05) is 84.6 Å². The number of fused-ring (bicyclic) bond motifs is 3. The van der Waals surface area contributed by atoms with Gasteiger partial charge in [-0.3, -0.25) is 19.3 Å². The van der Waals surface area contributed by atoms with Gasteiger partial charge in [-0.15, -0.1) is 0 Å². The van der Waals surface area contributed by atoms with Gasteiger partial charge in [0.05, 0.1) is 24.5 Å². The summed E-state index contributed by atoms with van der Waals surface area (Å²) in [6.07, 6.45) is -0.806. The molecule has 11 heteroatoms. The van der Waals surface area contributed by atoms with Crippen molar-refractivity contribution in [1.29, 1.82) is 0 Å². The van der Waals surface area contributed by atoms with Crippen LogP contribution in [0.15, 0.2) is 103 Å². The number of morpholine rings is 1. The van der Waals surface area contributed by atoms with Crippen LogP contribution in [0, 0.1) is 17.8 Å². The molecule has 0 aromatic heterocycles. The predicted octanol–water partition coefficient (Wildman–Crippen LogP) is 3.17. The number of anilines is 1. The van der Waals surface area contributed by atoms with Crippen LogP contribution in [0.3, 0.4) is 0 Å². The number of nitrogens with two attached hydrogens (primary N) is 2. The Balaban J connectivity index is 1.51. The number of benzene rings is 4. The highest BCUT2D eigenvalue weighted by atomic mass is 16.6. The topological polar surface area (TPSA) is 177 Å². The molecule has 7 N–H and O–H groups in total.